The monoisotopic (exact) mass is 400 g/mol. The number of halogens is 1. The van der Waals surface area contributed by atoms with Crippen molar-refractivity contribution in [3.8, 4) is 11.9 Å². The summed E-state index contributed by atoms with van der Waals surface area (Å²) in [7, 11) is 0. The van der Waals surface area contributed by atoms with E-state index in [9.17, 15) is 20.0 Å². The maximum atomic E-state index is 13.2. The Morgan fingerprint density at radius 1 is 1.37 bits per heavy atom. The summed E-state index contributed by atoms with van der Waals surface area (Å²) in [5, 5.41) is 21.1. The number of hydrogen-bond donors (Lipinski definition) is 1. The molecule has 2 heterocycles. The minimum absolute atomic E-state index is 0.0511. The van der Waals surface area contributed by atoms with E-state index in [0.29, 0.717) is 11.4 Å². The topological polar surface area (TPSA) is 83.1 Å². The number of benzene rings is 1. The summed E-state index contributed by atoms with van der Waals surface area (Å²) in [5.74, 6) is -0.914. The number of carbonyl (C=O) groups excluding carboxylic acids is 1. The van der Waals surface area contributed by atoms with Gasteiger partial charge in [0.1, 0.15) is 11.6 Å². The van der Waals surface area contributed by atoms with E-state index < -0.39 is 17.2 Å². The molecule has 0 fully saturated rings. The molecule has 138 valence electrons. The van der Waals surface area contributed by atoms with Crippen LogP contribution in [0.3, 0.4) is 0 Å². The summed E-state index contributed by atoms with van der Waals surface area (Å²) < 4.78 is 1.94. The van der Waals surface area contributed by atoms with Crippen molar-refractivity contribution in [1.82, 2.24) is 4.57 Å². The van der Waals surface area contributed by atoms with Gasteiger partial charge in [0, 0.05) is 16.6 Å². The van der Waals surface area contributed by atoms with Crippen LogP contribution in [0, 0.1) is 25.2 Å². The highest BCUT2D eigenvalue weighted by molar-refractivity contribution is 7.21. The maximum absolute atomic E-state index is 13.2. The molecule has 0 atom stereocenters. The number of ketones is 1. The summed E-state index contributed by atoms with van der Waals surface area (Å²) in [6.07, 6.45) is 0.567. The van der Waals surface area contributed by atoms with Crippen molar-refractivity contribution < 1.29 is 9.90 Å². The molecular formula is C20H17ClN2O3S. The molecule has 3 rings (SSSR count). The van der Waals surface area contributed by atoms with Crippen LogP contribution in [0.15, 0.2) is 23.0 Å². The van der Waals surface area contributed by atoms with Crippen molar-refractivity contribution in [3.63, 3.8) is 0 Å². The number of aromatic hydroxyl groups is 1. The normalized spacial score (nSPS) is 10.9. The molecule has 0 saturated heterocycles. The molecule has 1 aromatic carbocycles. The average molecular weight is 401 g/mol. The maximum Gasteiger partial charge on any atom is 0.271 e. The van der Waals surface area contributed by atoms with E-state index in [4.69, 9.17) is 11.6 Å². The largest absolute Gasteiger partial charge is 0.494 e. The summed E-state index contributed by atoms with van der Waals surface area (Å²) in [6, 6.07) is 7.56. The van der Waals surface area contributed by atoms with Crippen LogP contribution in [-0.2, 0) is 6.54 Å². The second kappa shape index (κ2) is 7.18. The lowest BCUT2D eigenvalue weighted by Crippen LogP contribution is -2.26. The predicted octanol–water partition coefficient (Wildman–Crippen LogP) is 4.55. The highest BCUT2D eigenvalue weighted by Gasteiger charge is 2.27. The van der Waals surface area contributed by atoms with E-state index in [0.717, 1.165) is 20.2 Å². The molecule has 0 radical (unpaired) electrons. The van der Waals surface area contributed by atoms with Gasteiger partial charge < -0.3 is 5.11 Å². The van der Waals surface area contributed by atoms with E-state index in [1.165, 1.54) is 18.3 Å². The first-order valence-electron chi connectivity index (χ1n) is 8.41. The van der Waals surface area contributed by atoms with Gasteiger partial charge in [-0.15, -0.1) is 11.3 Å². The molecule has 0 aliphatic carbocycles. The van der Waals surface area contributed by atoms with Gasteiger partial charge in [0.2, 0.25) is 11.7 Å². The molecule has 2 aromatic heterocycles. The van der Waals surface area contributed by atoms with E-state index in [1.807, 2.05) is 38.1 Å². The number of carbonyl (C=O) groups is 1. The van der Waals surface area contributed by atoms with Gasteiger partial charge in [-0.3, -0.25) is 14.2 Å². The van der Waals surface area contributed by atoms with Crippen LogP contribution >= 0.6 is 22.9 Å². The Labute approximate surface area is 165 Å². The molecule has 7 heteroatoms. The van der Waals surface area contributed by atoms with Crippen LogP contribution in [-0.4, -0.2) is 15.5 Å². The Morgan fingerprint density at radius 2 is 2.07 bits per heavy atom. The third-order valence-electron chi connectivity index (χ3n) is 4.47. The second-order valence-corrected chi connectivity index (χ2v) is 7.77. The molecule has 5 nitrogen and oxygen atoms in total. The summed E-state index contributed by atoms with van der Waals surface area (Å²) in [5.41, 5.74) is 0.426. The fourth-order valence-corrected chi connectivity index (χ4v) is 4.65. The van der Waals surface area contributed by atoms with Crippen LogP contribution in [0.1, 0.15) is 45.3 Å². The summed E-state index contributed by atoms with van der Waals surface area (Å²) in [6.45, 7) is 5.49. The molecule has 0 aliphatic heterocycles. The number of rotatable bonds is 4. The predicted molar refractivity (Wildman–Crippen MR) is 107 cm³/mol. The fourth-order valence-electron chi connectivity index (χ4n) is 3.09. The lowest BCUT2D eigenvalue weighted by Gasteiger charge is -2.14. The van der Waals surface area contributed by atoms with Gasteiger partial charge in [-0.05, 0) is 37.5 Å². The van der Waals surface area contributed by atoms with Gasteiger partial charge in [-0.1, -0.05) is 30.7 Å². The number of thiophene rings is 1. The zero-order valence-corrected chi connectivity index (χ0v) is 16.7. The quantitative estimate of drug-likeness (QED) is 0.651. The van der Waals surface area contributed by atoms with Crippen molar-refractivity contribution in [2.45, 2.75) is 33.7 Å². The third kappa shape index (κ3) is 3.03. The van der Waals surface area contributed by atoms with Crippen LogP contribution in [0.5, 0.6) is 5.88 Å². The zero-order chi connectivity index (χ0) is 19.9. The minimum atomic E-state index is -0.594. The van der Waals surface area contributed by atoms with Crippen LogP contribution in [0.25, 0.3) is 10.1 Å². The van der Waals surface area contributed by atoms with E-state index in [-0.39, 0.29) is 28.1 Å². The average Bonchev–Trinajstić information content (AvgIpc) is 2.95. The number of aryl methyl sites for hydroxylation is 1. The Hall–Kier alpha value is -2.62. The standard InChI is InChI=1S/C20H17ClN2O3S/c1-4-7-23-19(25)13(9-22)11(3)15(20(23)26)17(24)18-16(21)12-6-5-10(2)8-14(12)27-18/h5-6,8,26H,4,7H2,1-3H3. The molecule has 0 unspecified atom stereocenters. The first kappa shape index (κ1) is 19.2. The number of hydrogen-bond acceptors (Lipinski definition) is 5. The van der Waals surface area contributed by atoms with Crippen LogP contribution in [0.4, 0.5) is 0 Å². The van der Waals surface area contributed by atoms with Crippen LogP contribution in [0.2, 0.25) is 5.02 Å². The number of aromatic nitrogens is 1. The second-order valence-electron chi connectivity index (χ2n) is 6.34. The highest BCUT2D eigenvalue weighted by atomic mass is 35.5. The Bertz CT molecular complexity index is 1180. The van der Waals surface area contributed by atoms with Crippen molar-refractivity contribution >= 4 is 38.8 Å². The first-order chi connectivity index (χ1) is 12.8. The molecule has 0 bridgehead atoms. The van der Waals surface area contributed by atoms with Gasteiger partial charge in [0.15, 0.2) is 0 Å². The van der Waals surface area contributed by atoms with E-state index in [1.54, 1.807) is 0 Å². The summed E-state index contributed by atoms with van der Waals surface area (Å²) >= 11 is 7.67. The third-order valence-corrected chi connectivity index (χ3v) is 6.12. The van der Waals surface area contributed by atoms with Gasteiger partial charge in [-0.25, -0.2) is 0 Å². The van der Waals surface area contributed by atoms with Crippen LogP contribution < -0.4 is 5.56 Å². The molecule has 3 aromatic rings. The smallest absolute Gasteiger partial charge is 0.271 e. The van der Waals surface area contributed by atoms with Crippen molar-refractivity contribution in [2.24, 2.45) is 0 Å². The molecule has 27 heavy (non-hydrogen) atoms. The van der Waals surface area contributed by atoms with Crippen molar-refractivity contribution in [2.75, 3.05) is 0 Å². The number of nitrogens with zero attached hydrogens (tertiary/aromatic N) is 2. The Kier molecular flexibility index (Phi) is 5.09. The fraction of sp³-hybridized carbons (Fsp3) is 0.250. The van der Waals surface area contributed by atoms with Gasteiger partial charge >= 0.3 is 0 Å². The lowest BCUT2D eigenvalue weighted by molar-refractivity contribution is 0.103. The van der Waals surface area contributed by atoms with E-state index in [2.05, 4.69) is 0 Å². The van der Waals surface area contributed by atoms with Crippen molar-refractivity contribution in [3.05, 3.63) is 60.7 Å². The summed E-state index contributed by atoms with van der Waals surface area (Å²) in [4.78, 5) is 26.0. The number of pyridine rings is 1. The Morgan fingerprint density at radius 3 is 2.70 bits per heavy atom. The van der Waals surface area contributed by atoms with Gasteiger partial charge in [0.25, 0.3) is 5.56 Å². The molecule has 0 amide bonds. The lowest BCUT2D eigenvalue weighted by atomic mass is 10.0. The number of fused-ring (bicyclic) bond motifs is 1. The minimum Gasteiger partial charge on any atom is -0.494 e. The Balaban J connectivity index is 2.30. The molecule has 0 aliphatic rings. The first-order valence-corrected chi connectivity index (χ1v) is 9.61. The number of nitriles is 1. The molecule has 0 spiro atoms. The van der Waals surface area contributed by atoms with Crippen molar-refractivity contribution in [1.29, 1.82) is 5.26 Å². The van der Waals surface area contributed by atoms with Gasteiger partial charge in [-0.2, -0.15) is 5.26 Å². The molecule has 1 N–H and O–H groups in total. The highest BCUT2D eigenvalue weighted by Crippen LogP contribution is 2.38. The zero-order valence-electron chi connectivity index (χ0n) is 15.1. The SMILES string of the molecule is CCCn1c(O)c(C(=O)c2sc3cc(C)ccc3c2Cl)c(C)c(C#N)c1=O. The molecular weight excluding hydrogens is 384 g/mol. The van der Waals surface area contributed by atoms with Gasteiger partial charge in [0.05, 0.1) is 15.5 Å². The van der Waals surface area contributed by atoms with E-state index >= 15 is 0 Å². The molecule has 0 saturated carbocycles.